The van der Waals surface area contributed by atoms with E-state index in [2.05, 4.69) is 0 Å². The van der Waals surface area contributed by atoms with Crippen molar-refractivity contribution in [3.05, 3.63) is 47.0 Å². The van der Waals surface area contributed by atoms with Gasteiger partial charge < -0.3 is 55.1 Å². The molecule has 12 nitrogen and oxygen atoms in total. The summed E-state index contributed by atoms with van der Waals surface area (Å²) < 4.78 is 15.8. The van der Waals surface area contributed by atoms with Crippen LogP contribution in [-0.2, 0) is 14.2 Å². The quantitative estimate of drug-likeness (QED) is 0.160. The van der Waals surface area contributed by atoms with E-state index in [0.717, 1.165) is 0 Å². The van der Waals surface area contributed by atoms with Gasteiger partial charge in [-0.2, -0.15) is 0 Å². The Kier molecular flexibility index (Phi) is 10.9. The van der Waals surface area contributed by atoms with Crippen LogP contribution in [0.15, 0.2) is 30.4 Å². The lowest BCUT2D eigenvalue weighted by molar-refractivity contribution is -0.227. The van der Waals surface area contributed by atoms with Crippen LogP contribution in [-0.4, -0.2) is 128 Å². The molecule has 2 aliphatic heterocycles. The summed E-state index contributed by atoms with van der Waals surface area (Å²) in [7, 11) is 1.24. The van der Waals surface area contributed by atoms with Gasteiger partial charge in [0.05, 0.1) is 38.1 Å². The first-order chi connectivity index (χ1) is 18.1. The molecule has 0 aromatic heterocycles. The standard InChI is InChI=1S/C26H36O12/c1-36-26(35)15-10-13(4-2-6-16-20(29)24(33)22(31)18(11-27)37-16)8-9-14(15)5-3-7-17-21(30)25(34)23(32)19(12-28)38-17/h2-5,8-10,16-25,27-34H,6-7,11-12H2,1H3/b4-2+,5-3+/t16-,17-,18-,19-,20-,21-,22-,23-,24-,25-/m1/s1. The van der Waals surface area contributed by atoms with Crippen molar-refractivity contribution in [1.29, 1.82) is 0 Å². The zero-order valence-electron chi connectivity index (χ0n) is 20.9. The van der Waals surface area contributed by atoms with Crippen LogP contribution < -0.4 is 0 Å². The van der Waals surface area contributed by atoms with E-state index in [9.17, 15) is 45.6 Å². The lowest BCUT2D eigenvalue weighted by atomic mass is 9.93. The summed E-state index contributed by atoms with van der Waals surface area (Å²) in [6.07, 6.45) is -5.38. The SMILES string of the molecule is COC(=O)c1cc(/C=C/C[C@H]2O[C@H](CO)[C@@H](O)[C@H](O)[C@@H]2O)ccc1/C=C/C[C@H]1O[C@H](CO)[C@@H](O)[C@H](O)[C@@H]1O. The fourth-order valence-electron chi connectivity index (χ4n) is 4.52. The largest absolute Gasteiger partial charge is 0.465 e. The van der Waals surface area contributed by atoms with Crippen LogP contribution in [0.25, 0.3) is 12.2 Å². The number of aliphatic hydroxyl groups is 8. The lowest BCUT2D eigenvalue weighted by Gasteiger charge is -2.39. The molecule has 0 bridgehead atoms. The highest BCUT2D eigenvalue weighted by atomic mass is 16.6. The number of carbonyl (C=O) groups is 1. The third-order valence-electron chi connectivity index (χ3n) is 6.81. The Morgan fingerprint density at radius 3 is 1.71 bits per heavy atom. The smallest absolute Gasteiger partial charge is 0.338 e. The van der Waals surface area contributed by atoms with E-state index in [0.29, 0.717) is 11.1 Å². The molecule has 12 heteroatoms. The number of methoxy groups -OCH3 is 1. The summed E-state index contributed by atoms with van der Waals surface area (Å²) in [5, 5.41) is 78.7. The predicted molar refractivity (Wildman–Crippen MR) is 133 cm³/mol. The fraction of sp³-hybridized carbons (Fsp3) is 0.577. The highest BCUT2D eigenvalue weighted by Gasteiger charge is 2.43. The number of rotatable bonds is 9. The number of ether oxygens (including phenoxy) is 3. The van der Waals surface area contributed by atoms with Gasteiger partial charge in [-0.25, -0.2) is 4.79 Å². The Labute approximate surface area is 219 Å². The average molecular weight is 541 g/mol. The van der Waals surface area contributed by atoms with E-state index in [1.54, 1.807) is 42.5 Å². The molecule has 0 amide bonds. The first-order valence-corrected chi connectivity index (χ1v) is 12.3. The molecule has 10 atom stereocenters. The Bertz CT molecular complexity index is 977. The molecule has 2 fully saturated rings. The third-order valence-corrected chi connectivity index (χ3v) is 6.81. The first-order valence-electron chi connectivity index (χ1n) is 12.3. The molecule has 0 radical (unpaired) electrons. The van der Waals surface area contributed by atoms with Crippen molar-refractivity contribution in [3.8, 4) is 0 Å². The molecular formula is C26H36O12. The monoisotopic (exact) mass is 540 g/mol. The van der Waals surface area contributed by atoms with Crippen molar-refractivity contribution in [2.45, 2.75) is 73.9 Å². The summed E-state index contributed by atoms with van der Waals surface area (Å²) in [6.45, 7) is -1.04. The second-order valence-corrected chi connectivity index (χ2v) is 9.35. The summed E-state index contributed by atoms with van der Waals surface area (Å²) in [6, 6.07) is 4.98. The molecule has 1 aromatic carbocycles. The van der Waals surface area contributed by atoms with Crippen molar-refractivity contribution >= 4 is 18.1 Å². The molecule has 0 spiro atoms. The fourth-order valence-corrected chi connectivity index (χ4v) is 4.52. The number of aliphatic hydroxyl groups excluding tert-OH is 8. The van der Waals surface area contributed by atoms with E-state index in [4.69, 9.17) is 14.2 Å². The van der Waals surface area contributed by atoms with Crippen molar-refractivity contribution in [1.82, 2.24) is 0 Å². The second-order valence-electron chi connectivity index (χ2n) is 9.35. The van der Waals surface area contributed by atoms with Crippen molar-refractivity contribution < 1.29 is 59.9 Å². The maximum Gasteiger partial charge on any atom is 0.338 e. The molecular weight excluding hydrogens is 504 g/mol. The molecule has 3 rings (SSSR count). The summed E-state index contributed by atoms with van der Waals surface area (Å²) in [4.78, 5) is 12.4. The molecule has 2 saturated heterocycles. The van der Waals surface area contributed by atoms with E-state index in [1.165, 1.54) is 7.11 Å². The van der Waals surface area contributed by atoms with Gasteiger partial charge in [-0.1, -0.05) is 36.4 Å². The lowest BCUT2D eigenvalue weighted by Crippen LogP contribution is -2.58. The van der Waals surface area contributed by atoms with Gasteiger partial charge in [0.2, 0.25) is 0 Å². The molecule has 38 heavy (non-hydrogen) atoms. The third kappa shape index (κ3) is 6.85. The van der Waals surface area contributed by atoms with Crippen LogP contribution in [0.2, 0.25) is 0 Å². The van der Waals surface area contributed by atoms with Gasteiger partial charge in [0.1, 0.15) is 48.8 Å². The molecule has 2 heterocycles. The molecule has 8 N–H and O–H groups in total. The summed E-state index contributed by atoms with van der Waals surface area (Å²) in [5.41, 5.74) is 1.38. The molecule has 1 aromatic rings. The number of esters is 1. The first kappa shape index (κ1) is 30.3. The van der Waals surface area contributed by atoms with Gasteiger partial charge in [0, 0.05) is 0 Å². The molecule has 2 aliphatic rings. The Morgan fingerprint density at radius 2 is 1.24 bits per heavy atom. The minimum Gasteiger partial charge on any atom is -0.465 e. The predicted octanol–water partition coefficient (Wildman–Crippen LogP) is -2.04. The number of benzene rings is 1. The highest BCUT2D eigenvalue weighted by molar-refractivity contribution is 5.94. The van der Waals surface area contributed by atoms with Crippen LogP contribution >= 0.6 is 0 Å². The van der Waals surface area contributed by atoms with Gasteiger partial charge in [0.25, 0.3) is 0 Å². The molecule has 0 aliphatic carbocycles. The number of hydrogen-bond acceptors (Lipinski definition) is 12. The van der Waals surface area contributed by atoms with Crippen LogP contribution in [0.4, 0.5) is 0 Å². The van der Waals surface area contributed by atoms with Gasteiger partial charge in [-0.05, 0) is 30.0 Å². The average Bonchev–Trinajstić information content (AvgIpc) is 2.93. The number of hydrogen-bond donors (Lipinski definition) is 8. The van der Waals surface area contributed by atoms with E-state index in [-0.39, 0.29) is 18.4 Å². The zero-order valence-corrected chi connectivity index (χ0v) is 20.9. The van der Waals surface area contributed by atoms with Crippen molar-refractivity contribution in [2.75, 3.05) is 20.3 Å². The topological polar surface area (TPSA) is 207 Å². The molecule has 0 saturated carbocycles. The maximum absolute atomic E-state index is 12.4. The Morgan fingerprint density at radius 1 is 0.763 bits per heavy atom. The van der Waals surface area contributed by atoms with Crippen molar-refractivity contribution in [2.24, 2.45) is 0 Å². The van der Waals surface area contributed by atoms with E-state index in [1.807, 2.05) is 0 Å². The summed E-state index contributed by atoms with van der Waals surface area (Å²) in [5.74, 6) is -0.596. The van der Waals surface area contributed by atoms with Crippen LogP contribution in [0, 0.1) is 0 Å². The number of carbonyl (C=O) groups excluding carboxylic acids is 1. The minimum absolute atomic E-state index is 0.128. The maximum atomic E-state index is 12.4. The van der Waals surface area contributed by atoms with Gasteiger partial charge in [-0.15, -0.1) is 0 Å². The van der Waals surface area contributed by atoms with Crippen molar-refractivity contribution in [3.63, 3.8) is 0 Å². The zero-order chi connectivity index (χ0) is 28.0. The van der Waals surface area contributed by atoms with Gasteiger partial charge >= 0.3 is 5.97 Å². The normalized spacial score (nSPS) is 36.1. The molecule has 0 unspecified atom stereocenters. The summed E-state index contributed by atoms with van der Waals surface area (Å²) >= 11 is 0. The highest BCUT2D eigenvalue weighted by Crippen LogP contribution is 2.26. The second kappa shape index (κ2) is 13.7. The van der Waals surface area contributed by atoms with Gasteiger partial charge in [-0.3, -0.25) is 0 Å². The Balaban J connectivity index is 1.69. The van der Waals surface area contributed by atoms with Crippen LogP contribution in [0.3, 0.4) is 0 Å². The van der Waals surface area contributed by atoms with Crippen LogP contribution in [0.1, 0.15) is 34.3 Å². The Hall–Kier alpha value is -2.23. The van der Waals surface area contributed by atoms with E-state index < -0.39 is 80.2 Å². The van der Waals surface area contributed by atoms with Gasteiger partial charge in [0.15, 0.2) is 0 Å². The minimum atomic E-state index is -1.47. The molecule has 212 valence electrons. The van der Waals surface area contributed by atoms with E-state index >= 15 is 0 Å². The van der Waals surface area contributed by atoms with Crippen LogP contribution in [0.5, 0.6) is 0 Å².